The lowest BCUT2D eigenvalue weighted by atomic mass is 9.77. The van der Waals surface area contributed by atoms with Crippen LogP contribution in [-0.2, 0) is 13.7 Å². The average molecular weight is 433 g/mol. The molecule has 2 aliphatic rings. The van der Waals surface area contributed by atoms with Gasteiger partial charge in [0.05, 0.1) is 18.0 Å². The minimum atomic E-state index is -0.270. The van der Waals surface area contributed by atoms with Crippen molar-refractivity contribution in [3.05, 3.63) is 39.0 Å². The van der Waals surface area contributed by atoms with Gasteiger partial charge in [-0.25, -0.2) is 9.97 Å². The minimum absolute atomic E-state index is 0.125. The third-order valence-corrected chi connectivity index (χ3v) is 6.89. The van der Waals surface area contributed by atoms with Crippen molar-refractivity contribution >= 4 is 17.4 Å². The number of aliphatic hydroxyl groups excluding tert-OH is 1. The number of aliphatic hydroxyl groups is 1. The first kappa shape index (κ1) is 22.8. The molecule has 0 unspecified atom stereocenters. The van der Waals surface area contributed by atoms with Crippen molar-refractivity contribution in [1.29, 1.82) is 0 Å². The van der Waals surface area contributed by atoms with E-state index < -0.39 is 0 Å². The Bertz CT molecular complexity index is 941. The maximum absolute atomic E-state index is 12.2. The molecule has 164 valence electrons. The zero-order chi connectivity index (χ0) is 21.9. The Kier molecular flexibility index (Phi) is 7.19. The molecule has 4 rings (SSSR count). The molecule has 2 aromatic heterocycles. The number of hydrogen-bond donors (Lipinski definition) is 1. The third kappa shape index (κ3) is 4.26. The molecule has 1 saturated carbocycles. The molecule has 1 spiro atoms. The molecule has 1 saturated heterocycles. The Morgan fingerprint density at radius 2 is 1.77 bits per heavy atom. The predicted octanol–water partition coefficient (Wildman–Crippen LogP) is 4.48. The molecule has 3 heterocycles. The number of halogens is 1. The zero-order valence-corrected chi connectivity index (χ0v) is 19.3. The van der Waals surface area contributed by atoms with Gasteiger partial charge in [-0.2, -0.15) is 0 Å². The van der Waals surface area contributed by atoms with E-state index in [-0.39, 0.29) is 17.2 Å². The molecule has 1 N–H and O–H groups in total. The second-order valence-corrected chi connectivity index (χ2v) is 8.62. The largest absolute Gasteiger partial charge is 0.390 e. The summed E-state index contributed by atoms with van der Waals surface area (Å²) in [6.45, 7) is 7.59. The van der Waals surface area contributed by atoms with Crippen molar-refractivity contribution in [3.63, 3.8) is 0 Å². The summed E-state index contributed by atoms with van der Waals surface area (Å²) >= 11 is 6.28. The predicted molar refractivity (Wildman–Crippen MR) is 122 cm³/mol. The second kappa shape index (κ2) is 9.48. The third-order valence-electron chi connectivity index (χ3n) is 6.52. The summed E-state index contributed by atoms with van der Waals surface area (Å²) in [5.74, 6) is 0.761. The number of aromatic nitrogens is 3. The summed E-state index contributed by atoms with van der Waals surface area (Å²) in [7, 11) is 1.66. The average Bonchev–Trinajstić information content (AvgIpc) is 3.22. The number of piperidine rings is 1. The topological polar surface area (TPSA) is 71.2 Å². The number of aryl methyl sites for hydroxylation is 2. The van der Waals surface area contributed by atoms with Gasteiger partial charge < -0.3 is 14.6 Å². The van der Waals surface area contributed by atoms with Crippen LogP contribution in [0.2, 0.25) is 5.02 Å². The van der Waals surface area contributed by atoms with Crippen LogP contribution in [0.1, 0.15) is 63.8 Å². The molecule has 6 nitrogen and oxygen atoms in total. The highest BCUT2D eigenvalue weighted by Gasteiger charge is 2.37. The van der Waals surface area contributed by atoms with Crippen molar-refractivity contribution in [3.8, 4) is 11.3 Å². The van der Waals surface area contributed by atoms with Crippen molar-refractivity contribution in [2.24, 2.45) is 12.5 Å². The van der Waals surface area contributed by atoms with E-state index in [2.05, 4.69) is 9.88 Å². The van der Waals surface area contributed by atoms with E-state index in [0.717, 1.165) is 18.9 Å². The van der Waals surface area contributed by atoms with Gasteiger partial charge in [-0.05, 0) is 44.1 Å². The van der Waals surface area contributed by atoms with Crippen LogP contribution in [0.3, 0.4) is 0 Å². The standard InChI is InChI=1S/C21H27ClN4O2.C2H6/c1-14-18(15-5-10-25(2)20(28)17(15)22)24-16(13-27)19(23-14)26-11-8-21(9-12-26)6-3-4-7-21;1-2/h5,10,27H,3-4,6-9,11-13H2,1-2H3;1-2H3. The summed E-state index contributed by atoms with van der Waals surface area (Å²) < 4.78 is 1.43. The second-order valence-electron chi connectivity index (χ2n) is 8.24. The normalized spacial score (nSPS) is 17.7. The number of pyridine rings is 1. The summed E-state index contributed by atoms with van der Waals surface area (Å²) in [5.41, 5.74) is 2.62. The molecular formula is C23H33ClN4O2. The smallest absolute Gasteiger partial charge is 0.269 e. The van der Waals surface area contributed by atoms with E-state index in [1.807, 2.05) is 20.8 Å². The maximum atomic E-state index is 12.2. The molecule has 1 aliphatic carbocycles. The van der Waals surface area contributed by atoms with E-state index in [1.165, 1.54) is 43.1 Å². The Morgan fingerprint density at radius 1 is 1.13 bits per heavy atom. The SMILES string of the molecule is CC.Cc1nc(N2CCC3(CCCC3)CC2)c(CO)nc1-c1ccn(C)c(=O)c1Cl. The van der Waals surface area contributed by atoms with Gasteiger partial charge in [-0.15, -0.1) is 0 Å². The van der Waals surface area contributed by atoms with Crippen LogP contribution in [0.5, 0.6) is 0 Å². The van der Waals surface area contributed by atoms with Crippen molar-refractivity contribution in [1.82, 2.24) is 14.5 Å². The van der Waals surface area contributed by atoms with Crippen LogP contribution in [0.25, 0.3) is 11.3 Å². The molecule has 30 heavy (non-hydrogen) atoms. The Morgan fingerprint density at radius 3 is 2.37 bits per heavy atom. The highest BCUT2D eigenvalue weighted by molar-refractivity contribution is 6.33. The summed E-state index contributed by atoms with van der Waals surface area (Å²) in [6, 6.07) is 1.77. The summed E-state index contributed by atoms with van der Waals surface area (Å²) in [4.78, 5) is 23.9. The summed E-state index contributed by atoms with van der Waals surface area (Å²) in [6.07, 6.45) is 9.43. The number of hydrogen-bond acceptors (Lipinski definition) is 5. The van der Waals surface area contributed by atoms with Gasteiger partial charge in [0, 0.05) is 31.9 Å². The molecule has 0 aromatic carbocycles. The first-order valence-corrected chi connectivity index (χ1v) is 11.4. The molecule has 7 heteroatoms. The molecule has 2 aromatic rings. The van der Waals surface area contributed by atoms with Gasteiger partial charge in [0.15, 0.2) is 5.82 Å². The van der Waals surface area contributed by atoms with Crippen LogP contribution in [-0.4, -0.2) is 32.7 Å². The molecule has 2 fully saturated rings. The van der Waals surface area contributed by atoms with Crippen LogP contribution in [0.15, 0.2) is 17.1 Å². The fourth-order valence-corrected chi connectivity index (χ4v) is 5.04. The Balaban J connectivity index is 0.00000124. The van der Waals surface area contributed by atoms with Gasteiger partial charge in [0.1, 0.15) is 10.7 Å². The number of anilines is 1. The zero-order valence-electron chi connectivity index (χ0n) is 18.5. The number of nitrogens with zero attached hydrogens (tertiary/aromatic N) is 4. The first-order chi connectivity index (χ1) is 14.4. The minimum Gasteiger partial charge on any atom is -0.390 e. The Labute approximate surface area is 183 Å². The van der Waals surface area contributed by atoms with Crippen molar-refractivity contribution in [2.75, 3.05) is 18.0 Å². The Hall–Kier alpha value is -1.92. The van der Waals surface area contributed by atoms with Crippen LogP contribution < -0.4 is 10.5 Å². The fraction of sp³-hybridized carbons (Fsp3) is 0.609. The van der Waals surface area contributed by atoms with Gasteiger partial charge in [-0.1, -0.05) is 38.3 Å². The maximum Gasteiger partial charge on any atom is 0.269 e. The molecule has 1 aliphatic heterocycles. The van der Waals surface area contributed by atoms with E-state index >= 15 is 0 Å². The van der Waals surface area contributed by atoms with E-state index in [9.17, 15) is 9.90 Å². The van der Waals surface area contributed by atoms with Gasteiger partial charge in [-0.3, -0.25) is 4.79 Å². The molecule has 0 bridgehead atoms. The molecule has 0 amide bonds. The van der Waals surface area contributed by atoms with E-state index in [4.69, 9.17) is 16.6 Å². The van der Waals surface area contributed by atoms with Crippen LogP contribution >= 0.6 is 11.6 Å². The lowest BCUT2D eigenvalue weighted by molar-refractivity contribution is 0.225. The van der Waals surface area contributed by atoms with Gasteiger partial charge in [0.2, 0.25) is 0 Å². The highest BCUT2D eigenvalue weighted by Crippen LogP contribution is 2.46. The van der Waals surface area contributed by atoms with Gasteiger partial charge in [0.25, 0.3) is 5.56 Å². The van der Waals surface area contributed by atoms with Crippen LogP contribution in [0.4, 0.5) is 5.82 Å². The summed E-state index contributed by atoms with van der Waals surface area (Å²) in [5, 5.41) is 10.1. The van der Waals surface area contributed by atoms with E-state index in [1.54, 1.807) is 19.3 Å². The molecular weight excluding hydrogens is 400 g/mol. The quantitative estimate of drug-likeness (QED) is 0.773. The molecule has 0 atom stereocenters. The number of rotatable bonds is 3. The monoisotopic (exact) mass is 432 g/mol. The van der Waals surface area contributed by atoms with Crippen molar-refractivity contribution < 1.29 is 5.11 Å². The van der Waals surface area contributed by atoms with Gasteiger partial charge >= 0.3 is 0 Å². The van der Waals surface area contributed by atoms with E-state index in [0.29, 0.717) is 28.1 Å². The van der Waals surface area contributed by atoms with Crippen molar-refractivity contribution in [2.45, 2.75) is 65.9 Å². The molecule has 0 radical (unpaired) electrons. The first-order valence-electron chi connectivity index (χ1n) is 11.0. The lowest BCUT2D eigenvalue weighted by Gasteiger charge is -2.40. The fourth-order valence-electron chi connectivity index (χ4n) is 4.75. The van der Waals surface area contributed by atoms with Crippen LogP contribution in [0, 0.1) is 12.3 Å². The lowest BCUT2D eigenvalue weighted by Crippen LogP contribution is -2.40. The highest BCUT2D eigenvalue weighted by atomic mass is 35.5.